The van der Waals surface area contributed by atoms with E-state index >= 15 is 22.0 Å². The van der Waals surface area contributed by atoms with E-state index in [-0.39, 0.29) is 16.9 Å². The minimum absolute atomic E-state index is 0.0831. The molecule has 16 aromatic rings. The highest BCUT2D eigenvalue weighted by Crippen LogP contribution is 2.48. The molecule has 0 saturated carbocycles. The first kappa shape index (κ1) is 55.4. The molecule has 0 amide bonds. The van der Waals surface area contributed by atoms with Crippen molar-refractivity contribution in [2.24, 2.45) is 0 Å². The maximum absolute atomic E-state index is 17.1. The van der Waals surface area contributed by atoms with Gasteiger partial charge in [0.15, 0.2) is 0 Å². The Kier molecular flexibility index (Phi) is 13.6. The molecule has 11 heteroatoms. The maximum Gasteiger partial charge on any atom is 0.418 e. The summed E-state index contributed by atoms with van der Waals surface area (Å²) < 4.78 is 88.2. The number of pyridine rings is 4. The highest BCUT2D eigenvalue weighted by atomic mass is 19.4. The zero-order valence-electron chi connectivity index (χ0n) is 48.9. The number of hydrogen-bond acceptors (Lipinski definition) is 4. The minimum atomic E-state index is -5.02. The number of rotatable bonds is 11. The lowest BCUT2D eigenvalue weighted by Gasteiger charge is -2.22. The molecule has 0 N–H and O–H groups in total. The van der Waals surface area contributed by atoms with Gasteiger partial charge in [-0.1, -0.05) is 152 Å². The number of alkyl halides is 3. The lowest BCUT2D eigenvalue weighted by molar-refractivity contribution is -0.137. The van der Waals surface area contributed by atoms with Crippen molar-refractivity contribution in [2.75, 3.05) is 0 Å². The van der Waals surface area contributed by atoms with E-state index in [4.69, 9.17) is 9.97 Å². The van der Waals surface area contributed by atoms with Crippen molar-refractivity contribution in [2.45, 2.75) is 6.18 Å². The average Bonchev–Trinajstić information content (AvgIpc) is 1.52. The van der Waals surface area contributed by atoms with Crippen LogP contribution in [0.1, 0.15) is 5.56 Å². The fourth-order valence-corrected chi connectivity index (χ4v) is 12.9. The molecule has 0 saturated heterocycles. The smallest absolute Gasteiger partial charge is 0.309 e. The van der Waals surface area contributed by atoms with Crippen LogP contribution in [0.2, 0.25) is 0 Å². The summed E-state index contributed by atoms with van der Waals surface area (Å²) in [4.78, 5) is 18.8. The zero-order chi connectivity index (χ0) is 62.0. The number of nitrogens with zero attached hydrogens (tertiary/aromatic N) is 6. The molecule has 6 aromatic heterocycles. The topological polar surface area (TPSA) is 61.4 Å². The second-order valence-electron chi connectivity index (χ2n) is 22.8. The van der Waals surface area contributed by atoms with E-state index in [1.54, 1.807) is 33.9 Å². The Morgan fingerprint density at radius 2 is 0.554 bits per heavy atom. The number of fused-ring (bicyclic) bond motifs is 6. The number of halogens is 5. The zero-order valence-corrected chi connectivity index (χ0v) is 48.9. The number of aromatic nitrogens is 6. The van der Waals surface area contributed by atoms with E-state index in [9.17, 15) is 0 Å². The highest BCUT2D eigenvalue weighted by Gasteiger charge is 2.37. The summed E-state index contributed by atoms with van der Waals surface area (Å²) >= 11 is 0. The normalized spacial score (nSPS) is 11.8. The largest absolute Gasteiger partial charge is 0.418 e. The van der Waals surface area contributed by atoms with Crippen molar-refractivity contribution < 1.29 is 22.0 Å². The lowest BCUT2D eigenvalue weighted by atomic mass is 9.97. The quantitative estimate of drug-likeness (QED) is 0.121. The molecule has 0 aliphatic heterocycles. The second kappa shape index (κ2) is 22.6. The number of hydrogen-bond donors (Lipinski definition) is 0. The van der Waals surface area contributed by atoms with Crippen molar-refractivity contribution in [3.63, 3.8) is 0 Å². The first-order valence-electron chi connectivity index (χ1n) is 30.0. The van der Waals surface area contributed by atoms with Gasteiger partial charge >= 0.3 is 6.18 Å². The van der Waals surface area contributed by atoms with Gasteiger partial charge in [-0.3, -0.25) is 19.9 Å². The summed E-state index contributed by atoms with van der Waals surface area (Å²) in [5.41, 5.74) is 13.3. The Balaban J connectivity index is 0.951. The van der Waals surface area contributed by atoms with Crippen LogP contribution in [0.5, 0.6) is 0 Å². The first-order valence-corrected chi connectivity index (χ1v) is 30.0. The van der Waals surface area contributed by atoms with Gasteiger partial charge in [0.25, 0.3) is 0 Å². The molecule has 0 radical (unpaired) electrons. The van der Waals surface area contributed by atoms with Crippen molar-refractivity contribution in [1.29, 1.82) is 0 Å². The molecule has 10 aromatic carbocycles. The monoisotopic (exact) mass is 1200 g/mol. The lowest BCUT2D eigenvalue weighted by Crippen LogP contribution is -2.13. The van der Waals surface area contributed by atoms with Crippen molar-refractivity contribution in [1.82, 2.24) is 29.1 Å². The van der Waals surface area contributed by atoms with Gasteiger partial charge < -0.3 is 9.13 Å². The molecular formula is C81H49F5N6. The Labute approximate surface area is 525 Å². The molecule has 0 aliphatic rings. The van der Waals surface area contributed by atoms with Gasteiger partial charge in [-0.15, -0.1) is 0 Å². The van der Waals surface area contributed by atoms with Crippen LogP contribution in [0.4, 0.5) is 22.0 Å². The van der Waals surface area contributed by atoms with Crippen LogP contribution in [0, 0.1) is 11.6 Å². The number of benzene rings is 10. The summed E-state index contributed by atoms with van der Waals surface area (Å²) in [6.45, 7) is 0. The van der Waals surface area contributed by atoms with E-state index < -0.39 is 28.9 Å². The molecule has 0 spiro atoms. The predicted molar refractivity (Wildman–Crippen MR) is 360 cm³/mol. The molecule has 0 atom stereocenters. The molecular weight excluding hydrogens is 1150 g/mol. The van der Waals surface area contributed by atoms with Crippen LogP contribution in [-0.4, -0.2) is 29.1 Å². The minimum Gasteiger partial charge on any atom is -0.309 e. The van der Waals surface area contributed by atoms with Crippen LogP contribution >= 0.6 is 0 Å². The Morgan fingerprint density at radius 3 is 0.859 bits per heavy atom. The molecule has 6 heterocycles. The van der Waals surface area contributed by atoms with Gasteiger partial charge in [0.2, 0.25) is 0 Å². The van der Waals surface area contributed by atoms with Gasteiger partial charge in [-0.05, 0) is 166 Å². The third kappa shape index (κ3) is 9.93. The summed E-state index contributed by atoms with van der Waals surface area (Å²) in [5, 5.41) is 2.68. The molecule has 438 valence electrons. The van der Waals surface area contributed by atoms with Crippen molar-refractivity contribution in [3.05, 3.63) is 315 Å². The summed E-state index contributed by atoms with van der Waals surface area (Å²) in [5.74, 6) is -1.89. The Hall–Kier alpha value is -12.0. The van der Waals surface area contributed by atoms with Gasteiger partial charge in [-0.25, -0.2) is 8.78 Å². The first-order chi connectivity index (χ1) is 45.1. The van der Waals surface area contributed by atoms with Crippen LogP contribution < -0.4 is 0 Å². The van der Waals surface area contributed by atoms with Crippen LogP contribution in [0.25, 0.3) is 156 Å². The molecule has 0 bridgehead atoms. The molecule has 16 rings (SSSR count). The van der Waals surface area contributed by atoms with Crippen LogP contribution in [0.15, 0.2) is 298 Å². The van der Waals surface area contributed by atoms with Gasteiger partial charge in [0.1, 0.15) is 11.6 Å². The third-order valence-electron chi connectivity index (χ3n) is 17.3. The van der Waals surface area contributed by atoms with E-state index in [0.717, 1.165) is 108 Å². The van der Waals surface area contributed by atoms with Crippen LogP contribution in [-0.2, 0) is 6.18 Å². The summed E-state index contributed by atoms with van der Waals surface area (Å²) in [6, 6.07) is 83.9. The predicted octanol–water partition coefficient (Wildman–Crippen LogP) is 21.8. The van der Waals surface area contributed by atoms with Crippen LogP contribution in [0.3, 0.4) is 0 Å². The Bertz CT molecular complexity index is 5230. The fourth-order valence-electron chi connectivity index (χ4n) is 12.9. The maximum atomic E-state index is 17.1. The molecule has 92 heavy (non-hydrogen) atoms. The van der Waals surface area contributed by atoms with E-state index in [1.807, 2.05) is 243 Å². The molecule has 0 aliphatic carbocycles. The van der Waals surface area contributed by atoms with E-state index in [0.29, 0.717) is 43.6 Å². The Morgan fingerprint density at radius 1 is 0.261 bits per heavy atom. The summed E-state index contributed by atoms with van der Waals surface area (Å²) in [7, 11) is 0. The fraction of sp³-hybridized carbons (Fsp3) is 0.0123. The average molecular weight is 1200 g/mol. The summed E-state index contributed by atoms with van der Waals surface area (Å²) in [6.07, 6.45) is 1.98. The van der Waals surface area contributed by atoms with Gasteiger partial charge in [0, 0.05) is 74.1 Å². The molecule has 0 unspecified atom stereocenters. The second-order valence-corrected chi connectivity index (χ2v) is 22.8. The van der Waals surface area contributed by atoms with Gasteiger partial charge in [-0.2, -0.15) is 13.2 Å². The third-order valence-corrected chi connectivity index (χ3v) is 17.3. The van der Waals surface area contributed by atoms with E-state index in [2.05, 4.69) is 9.97 Å². The standard InChI is InChI=1S/C81H49F5N6/c82-68-22-13-23-69(83)80(68)66-48-79(92-76-30-26-56(60-34-38-89-72(46-60)52-18-9-3-10-19-52)42-64(76)65-43-57(27-31-77(65)92)61-35-39-90-73(47-61)53-20-11-4-12-21-53)67(81(84,85)86)49-78(66)91-74-28-24-54(58-32-36-87-70(44-58)50-14-5-1-6-15-50)40-62(74)63-41-55(25-29-75(63)91)59-33-37-88-71(45-59)51-16-7-2-8-17-51/h1-49H. The SMILES string of the molecule is Fc1cccc(F)c1-c1cc(-n2c3ccc(-c4ccnc(-c5ccccc5)c4)cc3c3cc(-c4ccnc(-c5ccccc5)c4)ccc32)c(C(F)(F)F)cc1-n1c2ccc(-c3ccnc(-c4ccccc4)c3)cc2c2cc(-c3ccnc(-c4ccccc4)c3)ccc21. The molecule has 0 fully saturated rings. The molecule has 6 nitrogen and oxygen atoms in total. The van der Waals surface area contributed by atoms with Crippen molar-refractivity contribution in [3.8, 4) is 112 Å². The van der Waals surface area contributed by atoms with Crippen molar-refractivity contribution >= 4 is 43.6 Å². The van der Waals surface area contributed by atoms with E-state index in [1.165, 1.54) is 12.1 Å². The highest BCUT2D eigenvalue weighted by molar-refractivity contribution is 6.14. The van der Waals surface area contributed by atoms with Gasteiger partial charge in [0.05, 0.1) is 67.3 Å².